The fourth-order valence-corrected chi connectivity index (χ4v) is 2.20. The largest absolute Gasteiger partial charge is 0.379 e. The van der Waals surface area contributed by atoms with E-state index in [9.17, 15) is 0 Å². The molecule has 1 aromatic carbocycles. The number of nitrogens with one attached hydrogen (secondary N) is 1. The Morgan fingerprint density at radius 1 is 0.905 bits per heavy atom. The summed E-state index contributed by atoms with van der Waals surface area (Å²) in [7, 11) is 0. The van der Waals surface area contributed by atoms with Gasteiger partial charge in [0.05, 0.1) is 25.9 Å². The lowest BCUT2D eigenvalue weighted by atomic mass is 9.99. The number of rotatable bonds is 11. The average Bonchev–Trinajstić information content (AvgIpc) is 2.49. The van der Waals surface area contributed by atoms with Gasteiger partial charge in [-0.15, -0.1) is 0 Å². The first-order chi connectivity index (χ1) is 10.2. The third-order valence-electron chi connectivity index (χ3n) is 3.46. The molecule has 1 rings (SSSR count). The van der Waals surface area contributed by atoms with E-state index in [2.05, 4.69) is 57.3 Å². The Labute approximate surface area is 130 Å². The van der Waals surface area contributed by atoms with Gasteiger partial charge in [-0.2, -0.15) is 0 Å². The summed E-state index contributed by atoms with van der Waals surface area (Å²) in [6, 6.07) is 9.10. The van der Waals surface area contributed by atoms with Gasteiger partial charge in [-0.05, 0) is 30.0 Å². The lowest BCUT2D eigenvalue weighted by Crippen LogP contribution is -2.26. The SMILES string of the molecule is CCCOCCOCC(NCC)c1ccc(C(C)C)cc1. The van der Waals surface area contributed by atoms with Crippen LogP contribution in [0.4, 0.5) is 0 Å². The molecule has 0 saturated carbocycles. The quantitative estimate of drug-likeness (QED) is 0.628. The predicted molar refractivity (Wildman–Crippen MR) is 88.9 cm³/mol. The zero-order valence-electron chi connectivity index (χ0n) is 14.0. The number of benzene rings is 1. The van der Waals surface area contributed by atoms with Crippen molar-refractivity contribution in [3.63, 3.8) is 0 Å². The van der Waals surface area contributed by atoms with Crippen LogP contribution in [-0.4, -0.2) is 33.0 Å². The molecule has 0 radical (unpaired) electrons. The Balaban J connectivity index is 2.44. The third kappa shape index (κ3) is 7.07. The van der Waals surface area contributed by atoms with E-state index in [1.54, 1.807) is 0 Å². The summed E-state index contributed by atoms with van der Waals surface area (Å²) in [4.78, 5) is 0. The Bertz CT molecular complexity index is 362. The zero-order chi connectivity index (χ0) is 15.5. The van der Waals surface area contributed by atoms with Gasteiger partial charge in [-0.3, -0.25) is 0 Å². The van der Waals surface area contributed by atoms with Crippen LogP contribution in [-0.2, 0) is 9.47 Å². The van der Waals surface area contributed by atoms with Gasteiger partial charge in [-0.25, -0.2) is 0 Å². The summed E-state index contributed by atoms with van der Waals surface area (Å²) < 4.78 is 11.2. The zero-order valence-corrected chi connectivity index (χ0v) is 14.0. The van der Waals surface area contributed by atoms with Gasteiger partial charge in [-0.1, -0.05) is 52.0 Å². The van der Waals surface area contributed by atoms with Crippen molar-refractivity contribution in [2.45, 2.75) is 46.1 Å². The fraction of sp³-hybridized carbons (Fsp3) is 0.667. The monoisotopic (exact) mass is 293 g/mol. The molecule has 0 bridgehead atoms. The molecular formula is C18H31NO2. The number of likely N-dealkylation sites (N-methyl/N-ethyl adjacent to an activating group) is 1. The van der Waals surface area contributed by atoms with Crippen molar-refractivity contribution in [2.75, 3.05) is 33.0 Å². The summed E-state index contributed by atoms with van der Waals surface area (Å²) in [5, 5.41) is 3.48. The first kappa shape index (κ1) is 18.1. The molecule has 0 amide bonds. The standard InChI is InChI=1S/C18H31NO2/c1-5-11-20-12-13-21-14-18(19-6-2)17-9-7-16(8-10-17)15(3)4/h7-10,15,18-19H,5-6,11-14H2,1-4H3. The van der Waals surface area contributed by atoms with Crippen LogP contribution in [0.25, 0.3) is 0 Å². The van der Waals surface area contributed by atoms with Crippen LogP contribution < -0.4 is 5.32 Å². The molecule has 1 aromatic rings. The molecule has 0 saturated heterocycles. The molecule has 21 heavy (non-hydrogen) atoms. The van der Waals surface area contributed by atoms with Gasteiger partial charge in [0, 0.05) is 6.61 Å². The van der Waals surface area contributed by atoms with E-state index < -0.39 is 0 Å². The van der Waals surface area contributed by atoms with Gasteiger partial charge in [0.25, 0.3) is 0 Å². The highest BCUT2D eigenvalue weighted by atomic mass is 16.5. The van der Waals surface area contributed by atoms with E-state index in [1.165, 1.54) is 11.1 Å². The third-order valence-corrected chi connectivity index (χ3v) is 3.46. The number of hydrogen-bond acceptors (Lipinski definition) is 3. The van der Waals surface area contributed by atoms with E-state index in [4.69, 9.17) is 9.47 Å². The lowest BCUT2D eigenvalue weighted by molar-refractivity contribution is 0.0393. The molecule has 0 spiro atoms. The minimum atomic E-state index is 0.252. The van der Waals surface area contributed by atoms with Crippen LogP contribution in [0.5, 0.6) is 0 Å². The van der Waals surface area contributed by atoms with E-state index in [0.717, 1.165) is 19.6 Å². The average molecular weight is 293 g/mol. The van der Waals surface area contributed by atoms with E-state index >= 15 is 0 Å². The molecule has 1 N–H and O–H groups in total. The molecule has 0 aliphatic carbocycles. The maximum Gasteiger partial charge on any atom is 0.0701 e. The summed E-state index contributed by atoms with van der Waals surface area (Å²) in [6.45, 7) is 12.5. The Morgan fingerprint density at radius 2 is 1.52 bits per heavy atom. The Hall–Kier alpha value is -0.900. The van der Waals surface area contributed by atoms with Gasteiger partial charge in [0.1, 0.15) is 0 Å². The Kier molecular flexibility index (Phi) is 9.31. The molecule has 3 nitrogen and oxygen atoms in total. The highest BCUT2D eigenvalue weighted by Crippen LogP contribution is 2.19. The van der Waals surface area contributed by atoms with Gasteiger partial charge in [0.2, 0.25) is 0 Å². The second-order valence-electron chi connectivity index (χ2n) is 5.62. The molecule has 0 aliphatic rings. The number of hydrogen-bond donors (Lipinski definition) is 1. The van der Waals surface area contributed by atoms with Crippen molar-refractivity contribution in [3.8, 4) is 0 Å². The van der Waals surface area contributed by atoms with Crippen molar-refractivity contribution in [2.24, 2.45) is 0 Å². The summed E-state index contributed by atoms with van der Waals surface area (Å²) in [5.74, 6) is 0.573. The smallest absolute Gasteiger partial charge is 0.0701 e. The maximum absolute atomic E-state index is 5.74. The lowest BCUT2D eigenvalue weighted by Gasteiger charge is -2.19. The van der Waals surface area contributed by atoms with Crippen molar-refractivity contribution in [1.29, 1.82) is 0 Å². The van der Waals surface area contributed by atoms with E-state index in [1.807, 2.05) is 0 Å². The van der Waals surface area contributed by atoms with Gasteiger partial charge in [0.15, 0.2) is 0 Å². The topological polar surface area (TPSA) is 30.5 Å². The van der Waals surface area contributed by atoms with Crippen molar-refractivity contribution in [3.05, 3.63) is 35.4 Å². The molecule has 1 atom stereocenters. The minimum absolute atomic E-state index is 0.252. The van der Waals surface area contributed by atoms with Crippen LogP contribution in [0, 0.1) is 0 Å². The van der Waals surface area contributed by atoms with E-state index in [-0.39, 0.29) is 6.04 Å². The highest BCUT2D eigenvalue weighted by molar-refractivity contribution is 5.27. The minimum Gasteiger partial charge on any atom is -0.379 e. The first-order valence-electron chi connectivity index (χ1n) is 8.17. The number of ether oxygens (including phenoxy) is 2. The van der Waals surface area contributed by atoms with Crippen LogP contribution in [0.3, 0.4) is 0 Å². The molecule has 1 unspecified atom stereocenters. The molecular weight excluding hydrogens is 262 g/mol. The summed E-state index contributed by atoms with van der Waals surface area (Å²) in [5.41, 5.74) is 2.67. The molecule has 3 heteroatoms. The summed E-state index contributed by atoms with van der Waals surface area (Å²) >= 11 is 0. The molecule has 0 aromatic heterocycles. The molecule has 0 heterocycles. The predicted octanol–water partition coefficient (Wildman–Crippen LogP) is 3.90. The molecule has 0 fully saturated rings. The van der Waals surface area contributed by atoms with E-state index in [0.29, 0.717) is 25.7 Å². The highest BCUT2D eigenvalue weighted by Gasteiger charge is 2.10. The normalized spacial score (nSPS) is 12.8. The molecule has 0 aliphatic heterocycles. The second kappa shape index (κ2) is 10.8. The summed E-state index contributed by atoms with van der Waals surface area (Å²) in [6.07, 6.45) is 1.06. The molecule has 120 valence electrons. The van der Waals surface area contributed by atoms with Crippen molar-refractivity contribution < 1.29 is 9.47 Å². The Morgan fingerprint density at radius 3 is 2.10 bits per heavy atom. The maximum atomic E-state index is 5.74. The van der Waals surface area contributed by atoms with Crippen molar-refractivity contribution in [1.82, 2.24) is 5.32 Å². The fourth-order valence-electron chi connectivity index (χ4n) is 2.20. The second-order valence-corrected chi connectivity index (χ2v) is 5.62. The van der Waals surface area contributed by atoms with Crippen LogP contribution in [0.2, 0.25) is 0 Å². The van der Waals surface area contributed by atoms with Gasteiger partial charge < -0.3 is 14.8 Å². The van der Waals surface area contributed by atoms with Gasteiger partial charge >= 0.3 is 0 Å². The first-order valence-corrected chi connectivity index (χ1v) is 8.17. The van der Waals surface area contributed by atoms with Crippen LogP contribution in [0.1, 0.15) is 57.2 Å². The van der Waals surface area contributed by atoms with Crippen LogP contribution >= 0.6 is 0 Å². The van der Waals surface area contributed by atoms with Crippen LogP contribution in [0.15, 0.2) is 24.3 Å². The van der Waals surface area contributed by atoms with Crippen molar-refractivity contribution >= 4 is 0 Å².